The van der Waals surface area contributed by atoms with Crippen LogP contribution in [0.5, 0.6) is 0 Å². The van der Waals surface area contributed by atoms with Crippen molar-refractivity contribution in [2.24, 2.45) is 7.05 Å². The smallest absolute Gasteiger partial charge is 0.212 e. The summed E-state index contributed by atoms with van der Waals surface area (Å²) in [5, 5.41) is 11.8. The van der Waals surface area contributed by atoms with Crippen molar-refractivity contribution in [3.8, 4) is 17.3 Å². The monoisotopic (exact) mass is 341 g/mol. The van der Waals surface area contributed by atoms with E-state index in [1.165, 1.54) is 5.56 Å². The molecular formula is C23H21N2O+. The number of nitriles is 1. The van der Waals surface area contributed by atoms with Crippen molar-refractivity contribution in [2.45, 2.75) is 26.7 Å². The van der Waals surface area contributed by atoms with Gasteiger partial charge in [0.15, 0.2) is 11.8 Å². The lowest BCUT2D eigenvalue weighted by Gasteiger charge is -2.07. The predicted octanol–water partition coefficient (Wildman–Crippen LogP) is 5.38. The van der Waals surface area contributed by atoms with Crippen LogP contribution < -0.4 is 4.57 Å². The second-order valence-electron chi connectivity index (χ2n) is 7.14. The first kappa shape index (κ1) is 16.4. The van der Waals surface area contributed by atoms with Crippen molar-refractivity contribution in [3.05, 3.63) is 65.4 Å². The van der Waals surface area contributed by atoms with E-state index in [9.17, 15) is 5.26 Å². The first-order valence-electron chi connectivity index (χ1n) is 8.86. The van der Waals surface area contributed by atoms with Crippen LogP contribution in [0.25, 0.3) is 33.2 Å². The van der Waals surface area contributed by atoms with Gasteiger partial charge in [-0.1, -0.05) is 26.0 Å². The zero-order valence-corrected chi connectivity index (χ0v) is 15.5. The molecule has 4 aromatic rings. The molecule has 0 N–H and O–H groups in total. The van der Waals surface area contributed by atoms with Gasteiger partial charge < -0.3 is 4.42 Å². The molecule has 0 aliphatic rings. The van der Waals surface area contributed by atoms with Gasteiger partial charge in [0.2, 0.25) is 5.69 Å². The Morgan fingerprint density at radius 2 is 1.88 bits per heavy atom. The van der Waals surface area contributed by atoms with Crippen molar-refractivity contribution < 1.29 is 8.98 Å². The van der Waals surface area contributed by atoms with Crippen LogP contribution in [0.1, 0.15) is 36.5 Å². The highest BCUT2D eigenvalue weighted by atomic mass is 16.3. The number of benzene rings is 2. The minimum absolute atomic E-state index is 0.280. The first-order valence-corrected chi connectivity index (χ1v) is 8.86. The van der Waals surface area contributed by atoms with E-state index >= 15 is 0 Å². The highest BCUT2D eigenvalue weighted by Crippen LogP contribution is 2.37. The van der Waals surface area contributed by atoms with Crippen LogP contribution >= 0.6 is 0 Å². The molecule has 0 aliphatic heterocycles. The summed E-state index contributed by atoms with van der Waals surface area (Å²) >= 11 is 0. The van der Waals surface area contributed by atoms with E-state index in [0.29, 0.717) is 11.1 Å². The van der Waals surface area contributed by atoms with Gasteiger partial charge in [-0.05, 0) is 42.2 Å². The van der Waals surface area contributed by atoms with Crippen LogP contribution in [0.2, 0.25) is 0 Å². The fourth-order valence-corrected chi connectivity index (χ4v) is 3.68. The van der Waals surface area contributed by atoms with Gasteiger partial charge >= 0.3 is 0 Å². The van der Waals surface area contributed by atoms with Gasteiger partial charge in [-0.3, -0.25) is 0 Å². The van der Waals surface area contributed by atoms with Gasteiger partial charge in [0.05, 0.1) is 5.56 Å². The number of hydrogen-bond donors (Lipinski definition) is 0. The fraction of sp³-hybridized carbons (Fsp3) is 0.217. The van der Waals surface area contributed by atoms with Crippen molar-refractivity contribution in [3.63, 3.8) is 0 Å². The predicted molar refractivity (Wildman–Crippen MR) is 104 cm³/mol. The Balaban J connectivity index is 2.07. The zero-order chi connectivity index (χ0) is 18.4. The fourth-order valence-electron chi connectivity index (χ4n) is 3.68. The van der Waals surface area contributed by atoms with E-state index in [-0.39, 0.29) is 5.92 Å². The van der Waals surface area contributed by atoms with E-state index < -0.39 is 0 Å². The second-order valence-corrected chi connectivity index (χ2v) is 7.14. The molecule has 0 amide bonds. The molecule has 3 nitrogen and oxygen atoms in total. The molecule has 0 unspecified atom stereocenters. The normalized spacial score (nSPS) is 11.4. The summed E-state index contributed by atoms with van der Waals surface area (Å²) < 4.78 is 8.26. The van der Waals surface area contributed by atoms with Gasteiger partial charge in [0.1, 0.15) is 18.7 Å². The van der Waals surface area contributed by atoms with E-state index in [1.807, 2.05) is 6.07 Å². The van der Waals surface area contributed by atoms with Crippen LogP contribution in [0, 0.1) is 18.3 Å². The average Bonchev–Trinajstić information content (AvgIpc) is 2.98. The van der Waals surface area contributed by atoms with E-state index in [4.69, 9.17) is 4.42 Å². The lowest BCUT2D eigenvalue weighted by atomic mass is 9.95. The minimum atomic E-state index is 0.280. The van der Waals surface area contributed by atoms with Crippen molar-refractivity contribution in [1.29, 1.82) is 5.26 Å². The molecule has 2 aromatic heterocycles. The Morgan fingerprint density at radius 3 is 2.58 bits per heavy atom. The SMILES string of the molecule is Cc1cc2oc3c(C#N)c(C(C)C)ccc3c2cc1-c1cccc[n+]1C. The first-order chi connectivity index (χ1) is 12.5. The van der Waals surface area contributed by atoms with Gasteiger partial charge in [-0.2, -0.15) is 5.26 Å². The van der Waals surface area contributed by atoms with E-state index in [0.717, 1.165) is 33.2 Å². The number of hydrogen-bond acceptors (Lipinski definition) is 2. The Bertz CT molecular complexity index is 1190. The molecule has 26 heavy (non-hydrogen) atoms. The third-order valence-corrected chi connectivity index (χ3v) is 5.08. The number of pyridine rings is 1. The van der Waals surface area contributed by atoms with Gasteiger partial charge in [-0.15, -0.1) is 0 Å². The van der Waals surface area contributed by atoms with Crippen LogP contribution in [0.15, 0.2) is 53.1 Å². The third-order valence-electron chi connectivity index (χ3n) is 5.08. The van der Waals surface area contributed by atoms with Crippen LogP contribution in [-0.2, 0) is 7.05 Å². The summed E-state index contributed by atoms with van der Waals surface area (Å²) in [5.41, 5.74) is 6.69. The molecule has 2 heterocycles. The molecule has 0 radical (unpaired) electrons. The maximum absolute atomic E-state index is 9.70. The Hall–Kier alpha value is -3.12. The highest BCUT2D eigenvalue weighted by molar-refractivity contribution is 6.08. The van der Waals surface area contributed by atoms with Crippen molar-refractivity contribution >= 4 is 21.9 Å². The largest absolute Gasteiger partial charge is 0.455 e. The molecule has 2 aromatic carbocycles. The third kappa shape index (κ3) is 2.38. The molecule has 0 fully saturated rings. The maximum atomic E-state index is 9.70. The topological polar surface area (TPSA) is 40.8 Å². The summed E-state index contributed by atoms with van der Waals surface area (Å²) in [7, 11) is 2.05. The number of rotatable bonds is 2. The average molecular weight is 341 g/mol. The lowest BCUT2D eigenvalue weighted by molar-refractivity contribution is -0.660. The van der Waals surface area contributed by atoms with Crippen molar-refractivity contribution in [1.82, 2.24) is 0 Å². The maximum Gasteiger partial charge on any atom is 0.212 e. The summed E-state index contributed by atoms with van der Waals surface area (Å²) in [6, 6.07) is 17.0. The molecular weight excluding hydrogens is 320 g/mol. The molecule has 3 heteroatoms. The molecule has 0 bridgehead atoms. The molecule has 128 valence electrons. The Morgan fingerprint density at radius 1 is 1.08 bits per heavy atom. The van der Waals surface area contributed by atoms with Crippen LogP contribution in [0.4, 0.5) is 0 Å². The van der Waals surface area contributed by atoms with E-state index in [2.05, 4.69) is 81.1 Å². The van der Waals surface area contributed by atoms with Crippen LogP contribution in [0.3, 0.4) is 0 Å². The summed E-state index contributed by atoms with van der Waals surface area (Å²) in [5.74, 6) is 0.280. The number of aromatic nitrogens is 1. The second kappa shape index (κ2) is 6.00. The molecule has 0 saturated carbocycles. The van der Waals surface area contributed by atoms with Gasteiger partial charge in [0.25, 0.3) is 0 Å². The number of aryl methyl sites for hydroxylation is 2. The highest BCUT2D eigenvalue weighted by Gasteiger charge is 2.19. The standard InChI is InChI=1S/C23H21N2O/c1-14(2)16-8-9-17-19-12-18(21-7-5-6-10-25(21)4)15(3)11-22(19)26-23(17)20(16)13-24/h5-12,14H,1-4H3/q+1. The lowest BCUT2D eigenvalue weighted by Crippen LogP contribution is -2.30. The molecule has 0 spiro atoms. The summed E-state index contributed by atoms with van der Waals surface area (Å²) in [4.78, 5) is 0. The van der Waals surface area contributed by atoms with Gasteiger partial charge in [-0.25, -0.2) is 4.57 Å². The van der Waals surface area contributed by atoms with E-state index in [1.54, 1.807) is 0 Å². The molecule has 4 rings (SSSR count). The molecule has 0 aliphatic carbocycles. The van der Waals surface area contributed by atoms with Crippen LogP contribution in [-0.4, -0.2) is 0 Å². The quantitative estimate of drug-likeness (QED) is 0.459. The van der Waals surface area contributed by atoms with Gasteiger partial charge in [0, 0.05) is 28.5 Å². The number of nitrogens with zero attached hydrogens (tertiary/aromatic N) is 2. The minimum Gasteiger partial charge on any atom is -0.455 e. The summed E-state index contributed by atoms with van der Waals surface area (Å²) in [6.45, 7) is 6.30. The van der Waals surface area contributed by atoms with Crippen molar-refractivity contribution in [2.75, 3.05) is 0 Å². The Labute approximate surface area is 153 Å². The molecule has 0 saturated heterocycles. The molecule has 0 atom stereocenters. The zero-order valence-electron chi connectivity index (χ0n) is 15.5. The Kier molecular flexibility index (Phi) is 3.77. The summed E-state index contributed by atoms with van der Waals surface area (Å²) in [6.07, 6.45) is 2.05. The number of fused-ring (bicyclic) bond motifs is 3. The number of furan rings is 1.